The zero-order valence-electron chi connectivity index (χ0n) is 12.1. The summed E-state index contributed by atoms with van der Waals surface area (Å²) in [6.07, 6.45) is 4.35. The highest BCUT2D eigenvalue weighted by Gasteiger charge is 2.23. The first-order chi connectivity index (χ1) is 10.2. The first-order valence-corrected chi connectivity index (χ1v) is 8.04. The van der Waals surface area contributed by atoms with Crippen LogP contribution in [0.5, 0.6) is 0 Å². The first-order valence-electron chi connectivity index (χ1n) is 7.09. The van der Waals surface area contributed by atoms with Crippen LogP contribution < -0.4 is 10.6 Å². The molecule has 6 heteroatoms. The molecule has 21 heavy (non-hydrogen) atoms. The zero-order chi connectivity index (χ0) is 15.1. The van der Waals surface area contributed by atoms with Crippen molar-refractivity contribution in [3.05, 3.63) is 29.8 Å². The zero-order valence-corrected chi connectivity index (χ0v) is 12.9. The number of carbonyl (C=O) groups is 1. The molecule has 0 bridgehead atoms. The molecule has 1 aromatic rings. The van der Waals surface area contributed by atoms with Gasteiger partial charge in [0.05, 0.1) is 6.34 Å². The Morgan fingerprint density at radius 2 is 2.00 bits per heavy atom. The van der Waals surface area contributed by atoms with E-state index in [0.717, 1.165) is 25.3 Å². The Morgan fingerprint density at radius 1 is 1.33 bits per heavy atom. The highest BCUT2D eigenvalue weighted by Crippen LogP contribution is 2.40. The van der Waals surface area contributed by atoms with Gasteiger partial charge in [0, 0.05) is 23.4 Å². The summed E-state index contributed by atoms with van der Waals surface area (Å²) in [6, 6.07) is 8.46. The fourth-order valence-electron chi connectivity index (χ4n) is 2.32. The molecule has 3 rings (SSSR count). The van der Waals surface area contributed by atoms with Gasteiger partial charge >= 0.3 is 0 Å². The highest BCUT2D eigenvalue weighted by atomic mass is 32.2. The Bertz CT molecular complexity index is 497. The van der Waals surface area contributed by atoms with E-state index in [0.29, 0.717) is 0 Å². The van der Waals surface area contributed by atoms with E-state index < -0.39 is 5.97 Å². The van der Waals surface area contributed by atoms with Gasteiger partial charge in [-0.05, 0) is 32.0 Å². The van der Waals surface area contributed by atoms with Crippen LogP contribution in [0.15, 0.2) is 29.3 Å². The van der Waals surface area contributed by atoms with Crippen molar-refractivity contribution in [2.75, 3.05) is 18.4 Å². The van der Waals surface area contributed by atoms with Crippen molar-refractivity contribution in [3.8, 4) is 0 Å². The van der Waals surface area contributed by atoms with E-state index in [4.69, 9.17) is 9.90 Å². The minimum absolute atomic E-state index is 0.274. The quantitative estimate of drug-likeness (QED) is 0.783. The first kappa shape index (κ1) is 15.9. The van der Waals surface area contributed by atoms with Crippen molar-refractivity contribution in [1.29, 1.82) is 0 Å². The molecule has 2 aliphatic rings. The number of nitrogens with zero attached hydrogens (tertiary/aromatic N) is 1. The van der Waals surface area contributed by atoms with E-state index in [9.17, 15) is 0 Å². The Kier molecular flexibility index (Phi) is 6.07. The molecule has 0 aromatic heterocycles. The number of aliphatic imine (C=N–C) groups is 1. The van der Waals surface area contributed by atoms with E-state index in [2.05, 4.69) is 39.9 Å². The number of anilines is 1. The van der Waals surface area contributed by atoms with Crippen LogP contribution in [-0.2, 0) is 4.79 Å². The Hall–Kier alpha value is -1.53. The Labute approximate surface area is 129 Å². The number of nitrogens with one attached hydrogen (secondary N) is 2. The van der Waals surface area contributed by atoms with Crippen LogP contribution >= 0.6 is 11.8 Å². The summed E-state index contributed by atoms with van der Waals surface area (Å²) in [5.74, 6) is -0.833. The Balaban J connectivity index is 0.000000361. The van der Waals surface area contributed by atoms with Gasteiger partial charge < -0.3 is 15.7 Å². The van der Waals surface area contributed by atoms with E-state index in [1.54, 1.807) is 0 Å². The third-order valence-electron chi connectivity index (χ3n) is 3.26. The van der Waals surface area contributed by atoms with Crippen LogP contribution in [0.2, 0.25) is 0 Å². The third-order valence-corrected chi connectivity index (χ3v) is 4.75. The number of aliphatic carboxylic acids is 1. The lowest BCUT2D eigenvalue weighted by atomic mass is 10.1. The average Bonchev–Trinajstić information content (AvgIpc) is 2.48. The van der Waals surface area contributed by atoms with E-state index in [1.165, 1.54) is 24.1 Å². The van der Waals surface area contributed by atoms with Gasteiger partial charge in [-0.1, -0.05) is 18.2 Å². The van der Waals surface area contributed by atoms with Gasteiger partial charge in [0.25, 0.3) is 5.97 Å². The molecule has 3 N–H and O–H groups in total. The van der Waals surface area contributed by atoms with Crippen LogP contribution in [-0.4, -0.2) is 35.8 Å². The van der Waals surface area contributed by atoms with Crippen molar-refractivity contribution in [2.24, 2.45) is 4.99 Å². The maximum absolute atomic E-state index is 9.00. The second-order valence-electron chi connectivity index (χ2n) is 4.97. The summed E-state index contributed by atoms with van der Waals surface area (Å²) in [5.41, 5.74) is 2.52. The largest absolute Gasteiger partial charge is 0.481 e. The molecular weight excluding hydrogens is 286 g/mol. The van der Waals surface area contributed by atoms with Crippen molar-refractivity contribution in [2.45, 2.75) is 30.4 Å². The number of piperidine rings is 1. The number of rotatable bonds is 2. The molecule has 1 atom stereocenters. The second-order valence-corrected chi connectivity index (χ2v) is 6.35. The Morgan fingerprint density at radius 3 is 2.71 bits per heavy atom. The topological polar surface area (TPSA) is 73.7 Å². The SMILES string of the molecule is C1=NC(SC2CCNCC2)c2ccccc2N1.CC(=O)O. The van der Waals surface area contributed by atoms with Crippen LogP contribution in [0.1, 0.15) is 30.7 Å². The van der Waals surface area contributed by atoms with Gasteiger partial charge in [0.2, 0.25) is 0 Å². The summed E-state index contributed by atoms with van der Waals surface area (Å²) in [5, 5.41) is 15.1. The highest BCUT2D eigenvalue weighted by molar-refractivity contribution is 8.00. The molecule has 0 spiro atoms. The molecule has 1 unspecified atom stereocenters. The van der Waals surface area contributed by atoms with Gasteiger partial charge in [-0.25, -0.2) is 0 Å². The number of para-hydroxylation sites is 1. The average molecular weight is 307 g/mol. The van der Waals surface area contributed by atoms with Gasteiger partial charge in [0.1, 0.15) is 5.37 Å². The van der Waals surface area contributed by atoms with Crippen LogP contribution in [0.4, 0.5) is 5.69 Å². The lowest BCUT2D eigenvalue weighted by Gasteiger charge is -2.27. The van der Waals surface area contributed by atoms with Gasteiger partial charge in [0.15, 0.2) is 0 Å². The number of thioether (sulfide) groups is 1. The van der Waals surface area contributed by atoms with Gasteiger partial charge in [-0.2, -0.15) is 0 Å². The van der Waals surface area contributed by atoms with Crippen LogP contribution in [0, 0.1) is 0 Å². The van der Waals surface area contributed by atoms with Crippen molar-refractivity contribution >= 4 is 29.8 Å². The molecule has 1 fully saturated rings. The van der Waals surface area contributed by atoms with Gasteiger partial charge in [-0.3, -0.25) is 9.79 Å². The molecule has 1 aromatic carbocycles. The van der Waals surface area contributed by atoms with Gasteiger partial charge in [-0.15, -0.1) is 11.8 Å². The summed E-state index contributed by atoms with van der Waals surface area (Å²) < 4.78 is 0. The minimum Gasteiger partial charge on any atom is -0.481 e. The van der Waals surface area contributed by atoms with Crippen LogP contribution in [0.3, 0.4) is 0 Å². The molecule has 114 valence electrons. The number of carboxylic acids is 1. The maximum Gasteiger partial charge on any atom is 0.300 e. The molecule has 5 nitrogen and oxygen atoms in total. The lowest BCUT2D eigenvalue weighted by molar-refractivity contribution is -0.134. The molecule has 2 heterocycles. The summed E-state index contributed by atoms with van der Waals surface area (Å²) in [7, 11) is 0. The summed E-state index contributed by atoms with van der Waals surface area (Å²) in [4.78, 5) is 13.6. The number of benzene rings is 1. The third kappa shape index (κ3) is 5.06. The number of hydrogen-bond donors (Lipinski definition) is 3. The lowest BCUT2D eigenvalue weighted by Crippen LogP contribution is -2.29. The molecule has 0 saturated carbocycles. The maximum atomic E-state index is 9.00. The molecule has 0 amide bonds. The number of hydrogen-bond acceptors (Lipinski definition) is 5. The summed E-state index contributed by atoms with van der Waals surface area (Å²) in [6.45, 7) is 3.38. The normalized spacial score (nSPS) is 20.7. The molecular formula is C15H21N3O2S. The minimum atomic E-state index is -0.833. The monoisotopic (exact) mass is 307 g/mol. The summed E-state index contributed by atoms with van der Waals surface area (Å²) >= 11 is 2.01. The second kappa shape index (κ2) is 8.05. The van der Waals surface area contributed by atoms with Crippen molar-refractivity contribution in [1.82, 2.24) is 5.32 Å². The van der Waals surface area contributed by atoms with Crippen LogP contribution in [0.25, 0.3) is 0 Å². The van der Waals surface area contributed by atoms with Crippen molar-refractivity contribution in [3.63, 3.8) is 0 Å². The number of fused-ring (bicyclic) bond motifs is 1. The fraction of sp³-hybridized carbons (Fsp3) is 0.467. The van der Waals surface area contributed by atoms with E-state index in [-0.39, 0.29) is 5.37 Å². The molecule has 0 aliphatic carbocycles. The molecule has 2 aliphatic heterocycles. The number of carboxylic acid groups (broad SMARTS) is 1. The molecule has 1 saturated heterocycles. The molecule has 0 radical (unpaired) electrons. The fourth-order valence-corrected chi connectivity index (χ4v) is 3.68. The predicted octanol–water partition coefficient (Wildman–Crippen LogP) is 2.72. The standard InChI is InChI=1S/C13H17N3S.C2H4O2/c1-2-4-12-11(3-1)13(16-9-15-12)17-10-5-7-14-8-6-10;1-2(3)4/h1-4,9-10,13-14H,5-8H2,(H,15,16);1H3,(H,3,4). The van der Waals surface area contributed by atoms with Crippen molar-refractivity contribution < 1.29 is 9.90 Å². The predicted molar refractivity (Wildman–Crippen MR) is 88.1 cm³/mol. The smallest absolute Gasteiger partial charge is 0.300 e. The van der Waals surface area contributed by atoms with E-state index in [1.807, 2.05) is 18.1 Å². The van der Waals surface area contributed by atoms with E-state index >= 15 is 0 Å².